The van der Waals surface area contributed by atoms with Gasteiger partial charge in [-0.05, 0) is 51.3 Å². The number of anilines is 1. The molecule has 0 aromatic heterocycles. The van der Waals surface area contributed by atoms with Crippen LogP contribution in [0, 0.1) is 11.8 Å². The molecule has 2 heterocycles. The summed E-state index contributed by atoms with van der Waals surface area (Å²) in [5.41, 5.74) is 0.838. The van der Waals surface area contributed by atoms with E-state index in [-0.39, 0.29) is 23.7 Å². The second kappa shape index (κ2) is 7.79. The third kappa shape index (κ3) is 4.15. The number of amides is 2. The molecule has 0 saturated carbocycles. The van der Waals surface area contributed by atoms with E-state index in [0.717, 1.165) is 37.9 Å². The summed E-state index contributed by atoms with van der Waals surface area (Å²) in [5, 5.41) is 6.37. The van der Waals surface area contributed by atoms with E-state index in [1.165, 1.54) is 0 Å². The molecule has 2 amide bonds. The minimum Gasteiger partial charge on any atom is -0.342 e. The van der Waals surface area contributed by atoms with Gasteiger partial charge in [-0.25, -0.2) is 0 Å². The quantitative estimate of drug-likeness (QED) is 0.894. The molecule has 0 unspecified atom stereocenters. The van der Waals surface area contributed by atoms with E-state index in [1.54, 1.807) is 0 Å². The highest BCUT2D eigenvalue weighted by Crippen LogP contribution is 2.24. The summed E-state index contributed by atoms with van der Waals surface area (Å²) in [6.45, 7) is 4.46. The van der Waals surface area contributed by atoms with Crippen molar-refractivity contribution in [2.75, 3.05) is 25.0 Å². The van der Waals surface area contributed by atoms with Crippen molar-refractivity contribution in [1.82, 2.24) is 10.2 Å². The van der Waals surface area contributed by atoms with Crippen molar-refractivity contribution < 1.29 is 9.59 Å². The summed E-state index contributed by atoms with van der Waals surface area (Å²) in [7, 11) is 0. The van der Waals surface area contributed by atoms with Crippen LogP contribution in [0.3, 0.4) is 0 Å². The maximum atomic E-state index is 12.7. The molecule has 0 spiro atoms. The number of rotatable bonds is 3. The van der Waals surface area contributed by atoms with Crippen LogP contribution in [0.1, 0.15) is 32.6 Å². The number of carbonyl (C=O) groups excluding carboxylic acids is 2. The predicted octanol–water partition coefficient (Wildman–Crippen LogP) is 2.25. The number of piperidine rings is 2. The van der Waals surface area contributed by atoms with Crippen LogP contribution >= 0.6 is 0 Å². The first-order chi connectivity index (χ1) is 11.6. The Hall–Kier alpha value is -1.88. The fourth-order valence-electron chi connectivity index (χ4n) is 3.74. The summed E-state index contributed by atoms with van der Waals surface area (Å²) in [6.07, 6.45) is 3.36. The average molecular weight is 329 g/mol. The second-order valence-corrected chi connectivity index (χ2v) is 7.03. The summed E-state index contributed by atoms with van der Waals surface area (Å²) in [6, 6.07) is 9.97. The van der Waals surface area contributed by atoms with Crippen LogP contribution in [0.2, 0.25) is 0 Å². The van der Waals surface area contributed by atoms with Crippen molar-refractivity contribution in [2.24, 2.45) is 11.8 Å². The first-order valence-electron chi connectivity index (χ1n) is 9.01. The van der Waals surface area contributed by atoms with Gasteiger partial charge in [-0.1, -0.05) is 18.2 Å². The van der Waals surface area contributed by atoms with Crippen molar-refractivity contribution in [2.45, 2.75) is 38.6 Å². The van der Waals surface area contributed by atoms with Gasteiger partial charge in [0.05, 0.1) is 0 Å². The highest BCUT2D eigenvalue weighted by Gasteiger charge is 2.32. The molecule has 0 aliphatic carbocycles. The molecular formula is C19H27N3O2. The zero-order valence-corrected chi connectivity index (χ0v) is 14.3. The molecule has 2 aliphatic heterocycles. The molecular weight excluding hydrogens is 302 g/mol. The SMILES string of the molecule is C[C@H]1C[C@@H](C(=O)N2CCC(C(=O)Nc3ccccc3)CC2)CCN1. The monoisotopic (exact) mass is 329 g/mol. The number of nitrogens with one attached hydrogen (secondary N) is 2. The molecule has 1 aromatic rings. The first-order valence-corrected chi connectivity index (χ1v) is 9.01. The third-order valence-corrected chi connectivity index (χ3v) is 5.19. The molecule has 5 nitrogen and oxygen atoms in total. The Morgan fingerprint density at radius 2 is 1.79 bits per heavy atom. The molecule has 2 aliphatic rings. The molecule has 2 fully saturated rings. The number of likely N-dealkylation sites (tertiary alicyclic amines) is 1. The average Bonchev–Trinajstić information content (AvgIpc) is 2.62. The van der Waals surface area contributed by atoms with E-state index in [4.69, 9.17) is 0 Å². The van der Waals surface area contributed by atoms with Crippen LogP contribution < -0.4 is 10.6 Å². The van der Waals surface area contributed by atoms with Gasteiger partial charge in [0, 0.05) is 36.7 Å². The van der Waals surface area contributed by atoms with Gasteiger partial charge in [-0.2, -0.15) is 0 Å². The molecule has 0 radical (unpaired) electrons. The normalized spacial score (nSPS) is 25.3. The lowest BCUT2D eigenvalue weighted by Crippen LogP contribution is -2.47. The van der Waals surface area contributed by atoms with Crippen LogP contribution in [0.15, 0.2) is 30.3 Å². The number of nitrogens with zero attached hydrogens (tertiary/aromatic N) is 1. The summed E-state index contributed by atoms with van der Waals surface area (Å²) in [5.74, 6) is 0.506. The Morgan fingerprint density at radius 1 is 1.08 bits per heavy atom. The molecule has 24 heavy (non-hydrogen) atoms. The summed E-state index contributed by atoms with van der Waals surface area (Å²) in [4.78, 5) is 27.0. The summed E-state index contributed by atoms with van der Waals surface area (Å²) >= 11 is 0. The Kier molecular flexibility index (Phi) is 5.51. The van der Waals surface area contributed by atoms with Gasteiger partial charge in [0.2, 0.25) is 11.8 Å². The molecule has 2 atom stereocenters. The maximum absolute atomic E-state index is 12.7. The highest BCUT2D eigenvalue weighted by molar-refractivity contribution is 5.92. The molecule has 5 heteroatoms. The van der Waals surface area contributed by atoms with E-state index < -0.39 is 0 Å². The minimum atomic E-state index is 0.00111. The van der Waals surface area contributed by atoms with Crippen LogP contribution in [0.25, 0.3) is 0 Å². The van der Waals surface area contributed by atoms with E-state index >= 15 is 0 Å². The van der Waals surface area contributed by atoms with E-state index in [9.17, 15) is 9.59 Å². The van der Waals surface area contributed by atoms with E-state index in [0.29, 0.717) is 19.1 Å². The van der Waals surface area contributed by atoms with Crippen molar-refractivity contribution in [3.05, 3.63) is 30.3 Å². The molecule has 130 valence electrons. The topological polar surface area (TPSA) is 61.4 Å². The van der Waals surface area contributed by atoms with Gasteiger partial charge in [0.25, 0.3) is 0 Å². The number of hydrogen-bond acceptors (Lipinski definition) is 3. The fraction of sp³-hybridized carbons (Fsp3) is 0.579. The lowest BCUT2D eigenvalue weighted by Gasteiger charge is -2.36. The molecule has 0 bridgehead atoms. The van der Waals surface area contributed by atoms with Gasteiger partial charge in [-0.15, -0.1) is 0 Å². The van der Waals surface area contributed by atoms with Gasteiger partial charge in [0.1, 0.15) is 0 Å². The molecule has 2 saturated heterocycles. The zero-order chi connectivity index (χ0) is 16.9. The fourth-order valence-corrected chi connectivity index (χ4v) is 3.74. The van der Waals surface area contributed by atoms with E-state index in [2.05, 4.69) is 17.6 Å². The van der Waals surface area contributed by atoms with Crippen molar-refractivity contribution >= 4 is 17.5 Å². The Morgan fingerprint density at radius 3 is 2.46 bits per heavy atom. The standard InChI is InChI=1S/C19H27N3O2/c1-14-13-16(7-10-20-14)19(24)22-11-8-15(9-12-22)18(23)21-17-5-3-2-4-6-17/h2-6,14-16,20H,7-13H2,1H3,(H,21,23)/t14-,16-/m0/s1. The lowest BCUT2D eigenvalue weighted by atomic mass is 9.90. The smallest absolute Gasteiger partial charge is 0.227 e. The van der Waals surface area contributed by atoms with Crippen LogP contribution in [0.5, 0.6) is 0 Å². The van der Waals surface area contributed by atoms with Gasteiger partial charge in [-0.3, -0.25) is 9.59 Å². The van der Waals surface area contributed by atoms with Crippen LogP contribution in [0.4, 0.5) is 5.69 Å². The van der Waals surface area contributed by atoms with Crippen LogP contribution in [-0.2, 0) is 9.59 Å². The Bertz CT molecular complexity index is 567. The molecule has 3 rings (SSSR count). The zero-order valence-electron chi connectivity index (χ0n) is 14.3. The number of carbonyl (C=O) groups is 2. The largest absolute Gasteiger partial charge is 0.342 e. The van der Waals surface area contributed by atoms with Gasteiger partial charge < -0.3 is 15.5 Å². The number of para-hydroxylation sites is 1. The van der Waals surface area contributed by atoms with Gasteiger partial charge in [0.15, 0.2) is 0 Å². The Labute approximate surface area is 143 Å². The van der Waals surface area contributed by atoms with Crippen molar-refractivity contribution in [1.29, 1.82) is 0 Å². The number of hydrogen-bond donors (Lipinski definition) is 2. The van der Waals surface area contributed by atoms with Gasteiger partial charge >= 0.3 is 0 Å². The first kappa shape index (κ1) is 17.0. The predicted molar refractivity (Wildman–Crippen MR) is 94.6 cm³/mol. The maximum Gasteiger partial charge on any atom is 0.227 e. The van der Waals surface area contributed by atoms with Crippen molar-refractivity contribution in [3.8, 4) is 0 Å². The molecule has 1 aromatic carbocycles. The summed E-state index contributed by atoms with van der Waals surface area (Å²) < 4.78 is 0. The van der Waals surface area contributed by atoms with Crippen molar-refractivity contribution in [3.63, 3.8) is 0 Å². The van der Waals surface area contributed by atoms with E-state index in [1.807, 2.05) is 35.2 Å². The van der Waals surface area contributed by atoms with Crippen LogP contribution in [-0.4, -0.2) is 42.4 Å². The lowest BCUT2D eigenvalue weighted by molar-refractivity contribution is -0.139. The second-order valence-electron chi connectivity index (χ2n) is 7.03. The number of benzene rings is 1. The Balaban J connectivity index is 1.48. The molecule has 2 N–H and O–H groups in total. The highest BCUT2D eigenvalue weighted by atomic mass is 16.2. The third-order valence-electron chi connectivity index (χ3n) is 5.19. The minimum absolute atomic E-state index is 0.00111.